The van der Waals surface area contributed by atoms with E-state index in [4.69, 9.17) is 27.9 Å². The van der Waals surface area contributed by atoms with Crippen molar-refractivity contribution < 1.29 is 22.7 Å². The van der Waals surface area contributed by atoms with Crippen LogP contribution in [0.3, 0.4) is 0 Å². The van der Waals surface area contributed by atoms with E-state index in [0.717, 1.165) is 30.0 Å². The van der Waals surface area contributed by atoms with Crippen molar-refractivity contribution in [2.75, 3.05) is 17.5 Å². The van der Waals surface area contributed by atoms with Crippen LogP contribution in [0.4, 0.5) is 5.69 Å². The van der Waals surface area contributed by atoms with Gasteiger partial charge in [0.2, 0.25) is 11.8 Å². The van der Waals surface area contributed by atoms with Crippen molar-refractivity contribution in [1.82, 2.24) is 10.2 Å². The third-order valence-corrected chi connectivity index (χ3v) is 9.91. The second kappa shape index (κ2) is 14.9. The number of carbonyl (C=O) groups excluding carboxylic acids is 2. The molecule has 43 heavy (non-hydrogen) atoms. The van der Waals surface area contributed by atoms with Crippen molar-refractivity contribution in [2.45, 2.75) is 69.5 Å². The molecule has 1 N–H and O–H groups in total. The van der Waals surface area contributed by atoms with Crippen molar-refractivity contribution in [3.63, 3.8) is 0 Å². The lowest BCUT2D eigenvalue weighted by Gasteiger charge is -2.34. The molecule has 4 rings (SSSR count). The molecule has 0 spiro atoms. The number of nitrogens with one attached hydrogen (secondary N) is 1. The number of benzene rings is 3. The molecular formula is C32H37Cl2N3O5S. The molecule has 230 valence electrons. The van der Waals surface area contributed by atoms with Gasteiger partial charge in [-0.25, -0.2) is 8.42 Å². The number of amides is 2. The van der Waals surface area contributed by atoms with Crippen molar-refractivity contribution >= 4 is 50.7 Å². The Morgan fingerprint density at radius 2 is 1.60 bits per heavy atom. The summed E-state index contributed by atoms with van der Waals surface area (Å²) in [7, 11) is -4.22. The van der Waals surface area contributed by atoms with Crippen LogP contribution in [-0.4, -0.2) is 50.4 Å². The van der Waals surface area contributed by atoms with Gasteiger partial charge in [-0.1, -0.05) is 61.2 Å². The predicted molar refractivity (Wildman–Crippen MR) is 170 cm³/mol. The molecule has 11 heteroatoms. The summed E-state index contributed by atoms with van der Waals surface area (Å²) >= 11 is 12.5. The van der Waals surface area contributed by atoms with E-state index in [1.54, 1.807) is 48.5 Å². The summed E-state index contributed by atoms with van der Waals surface area (Å²) in [4.78, 5) is 29.2. The predicted octanol–water partition coefficient (Wildman–Crippen LogP) is 6.45. The molecule has 0 heterocycles. The summed E-state index contributed by atoms with van der Waals surface area (Å²) in [6.07, 6.45) is 4.21. The molecule has 1 aliphatic rings. The van der Waals surface area contributed by atoms with Crippen LogP contribution in [0.1, 0.15) is 51.5 Å². The SMILES string of the molecule is CCOc1ccc(N(CC(=O)N(Cc2ccccc2Cl)[C@H](CC)C(=O)NC2CCCC2)S(=O)(=O)c2ccc(Cl)cc2)cc1. The number of sulfonamides is 1. The summed E-state index contributed by atoms with van der Waals surface area (Å²) in [5.74, 6) is -0.237. The van der Waals surface area contributed by atoms with Gasteiger partial charge in [-0.15, -0.1) is 0 Å². The minimum Gasteiger partial charge on any atom is -0.494 e. The van der Waals surface area contributed by atoms with E-state index < -0.39 is 28.5 Å². The number of rotatable bonds is 13. The lowest BCUT2D eigenvalue weighted by atomic mass is 10.1. The van der Waals surface area contributed by atoms with E-state index in [9.17, 15) is 18.0 Å². The molecule has 0 aliphatic heterocycles. The number of hydrogen-bond acceptors (Lipinski definition) is 5. The zero-order valence-corrected chi connectivity index (χ0v) is 26.7. The quantitative estimate of drug-likeness (QED) is 0.230. The Labute approximate surface area is 264 Å². The van der Waals surface area contributed by atoms with Crippen LogP contribution < -0.4 is 14.4 Å². The van der Waals surface area contributed by atoms with Gasteiger partial charge < -0.3 is 15.0 Å². The zero-order valence-electron chi connectivity index (χ0n) is 24.3. The second-order valence-corrected chi connectivity index (χ2v) is 13.1. The second-order valence-electron chi connectivity index (χ2n) is 10.4. The average Bonchev–Trinajstić information content (AvgIpc) is 3.50. The summed E-state index contributed by atoms with van der Waals surface area (Å²) in [5.41, 5.74) is 0.922. The molecule has 0 aromatic heterocycles. The first kappa shape index (κ1) is 32.6. The highest BCUT2D eigenvalue weighted by Gasteiger charge is 2.34. The average molecular weight is 647 g/mol. The maximum atomic E-state index is 14.2. The van der Waals surface area contributed by atoms with Gasteiger partial charge >= 0.3 is 0 Å². The molecule has 0 bridgehead atoms. The van der Waals surface area contributed by atoms with E-state index in [1.807, 2.05) is 13.8 Å². The highest BCUT2D eigenvalue weighted by molar-refractivity contribution is 7.92. The van der Waals surface area contributed by atoms with Gasteiger partial charge in [0.15, 0.2) is 0 Å². The summed E-state index contributed by atoms with van der Waals surface area (Å²) in [5, 5.41) is 3.94. The third-order valence-electron chi connectivity index (χ3n) is 7.50. The highest BCUT2D eigenvalue weighted by atomic mass is 35.5. The van der Waals surface area contributed by atoms with Crippen LogP contribution >= 0.6 is 23.2 Å². The monoisotopic (exact) mass is 645 g/mol. The summed E-state index contributed by atoms with van der Waals surface area (Å²) < 4.78 is 34.6. The van der Waals surface area contributed by atoms with Gasteiger partial charge in [-0.3, -0.25) is 13.9 Å². The summed E-state index contributed by atoms with van der Waals surface area (Å²) in [6.45, 7) is 3.62. The normalized spacial score (nSPS) is 14.2. The van der Waals surface area contributed by atoms with E-state index in [-0.39, 0.29) is 29.1 Å². The lowest BCUT2D eigenvalue weighted by Crippen LogP contribution is -2.53. The van der Waals surface area contributed by atoms with E-state index in [1.165, 1.54) is 29.2 Å². The van der Waals surface area contributed by atoms with Crippen molar-refractivity contribution in [3.8, 4) is 5.75 Å². The molecule has 1 fully saturated rings. The van der Waals surface area contributed by atoms with Gasteiger partial charge in [0, 0.05) is 22.6 Å². The van der Waals surface area contributed by atoms with E-state index in [0.29, 0.717) is 34.4 Å². The van der Waals surface area contributed by atoms with Crippen LogP contribution in [0.2, 0.25) is 10.0 Å². The smallest absolute Gasteiger partial charge is 0.264 e. The summed E-state index contributed by atoms with van der Waals surface area (Å²) in [6, 6.07) is 18.6. The fourth-order valence-corrected chi connectivity index (χ4v) is 6.97. The molecule has 8 nitrogen and oxygen atoms in total. The standard InChI is InChI=1S/C32H37Cl2N3O5S/c1-3-30(32(39)35-25-10-6-7-11-25)36(21-23-9-5-8-12-29(23)34)31(38)22-37(26-15-17-27(18-16-26)42-4-2)43(40,41)28-19-13-24(33)14-20-28/h5,8-9,12-20,25,30H,3-4,6-7,10-11,21-22H2,1-2H3,(H,35,39)/t30-/m1/s1. The van der Waals surface area contributed by atoms with Gasteiger partial charge in [-0.05, 0) is 86.3 Å². The van der Waals surface area contributed by atoms with Gasteiger partial charge in [0.25, 0.3) is 10.0 Å². The Kier molecular flexibility index (Phi) is 11.3. The Balaban J connectivity index is 1.72. The Morgan fingerprint density at radius 1 is 0.953 bits per heavy atom. The van der Waals surface area contributed by atoms with Crippen LogP contribution in [0, 0.1) is 0 Å². The van der Waals surface area contributed by atoms with Crippen molar-refractivity contribution in [2.24, 2.45) is 0 Å². The Morgan fingerprint density at radius 3 is 2.21 bits per heavy atom. The van der Waals surface area contributed by atoms with Crippen molar-refractivity contribution in [3.05, 3.63) is 88.4 Å². The topological polar surface area (TPSA) is 96.0 Å². The maximum Gasteiger partial charge on any atom is 0.264 e. The minimum atomic E-state index is -4.22. The molecule has 1 atom stereocenters. The van der Waals surface area contributed by atoms with Gasteiger partial charge in [0.05, 0.1) is 17.2 Å². The largest absolute Gasteiger partial charge is 0.494 e. The van der Waals surface area contributed by atoms with Gasteiger partial charge in [-0.2, -0.15) is 0 Å². The highest BCUT2D eigenvalue weighted by Crippen LogP contribution is 2.28. The molecule has 2 amide bonds. The molecule has 3 aromatic carbocycles. The number of hydrogen-bond donors (Lipinski definition) is 1. The Bertz CT molecular complexity index is 1490. The van der Waals surface area contributed by atoms with Crippen LogP contribution in [-0.2, 0) is 26.2 Å². The van der Waals surface area contributed by atoms with E-state index in [2.05, 4.69) is 5.32 Å². The molecule has 0 unspecified atom stereocenters. The first-order valence-corrected chi connectivity index (χ1v) is 16.7. The number of ether oxygens (including phenoxy) is 1. The molecular weight excluding hydrogens is 609 g/mol. The first-order chi connectivity index (χ1) is 20.6. The minimum absolute atomic E-state index is 0.0257. The molecule has 1 saturated carbocycles. The molecule has 3 aromatic rings. The number of halogens is 2. The van der Waals surface area contributed by atoms with Crippen LogP contribution in [0.25, 0.3) is 0 Å². The molecule has 1 aliphatic carbocycles. The van der Waals surface area contributed by atoms with Crippen LogP contribution in [0.5, 0.6) is 5.75 Å². The van der Waals surface area contributed by atoms with Gasteiger partial charge in [0.1, 0.15) is 18.3 Å². The van der Waals surface area contributed by atoms with E-state index >= 15 is 0 Å². The fraction of sp³-hybridized carbons (Fsp3) is 0.375. The third kappa shape index (κ3) is 8.22. The number of nitrogens with zero attached hydrogens (tertiary/aromatic N) is 2. The molecule has 0 saturated heterocycles. The first-order valence-electron chi connectivity index (χ1n) is 14.5. The number of anilines is 1. The van der Waals surface area contributed by atoms with Crippen molar-refractivity contribution in [1.29, 1.82) is 0 Å². The molecule has 0 radical (unpaired) electrons. The maximum absolute atomic E-state index is 14.2. The zero-order chi connectivity index (χ0) is 31.0. The van der Waals surface area contributed by atoms with Crippen LogP contribution in [0.15, 0.2) is 77.7 Å². The Hall–Kier alpha value is -3.27. The lowest BCUT2D eigenvalue weighted by molar-refractivity contribution is -0.140. The number of carbonyl (C=O) groups is 2. The fourth-order valence-electron chi connectivity index (χ4n) is 5.23.